The highest BCUT2D eigenvalue weighted by Crippen LogP contribution is 2.37. The molecule has 6 heteroatoms. The highest BCUT2D eigenvalue weighted by Gasteiger charge is 2.41. The third-order valence-electron chi connectivity index (χ3n) is 8.59. The minimum atomic E-state index is -0.404. The molecule has 3 heterocycles. The molecule has 36 heavy (non-hydrogen) atoms. The highest BCUT2D eigenvalue weighted by molar-refractivity contribution is 6.01. The number of hydrogen-bond donors (Lipinski definition) is 2. The van der Waals surface area contributed by atoms with Crippen LogP contribution in [0.25, 0.3) is 0 Å². The third kappa shape index (κ3) is 5.40. The second-order valence-electron chi connectivity index (χ2n) is 12.8. The van der Waals surface area contributed by atoms with Crippen molar-refractivity contribution in [1.29, 1.82) is 0 Å². The molecule has 1 aromatic carbocycles. The maximum atomic E-state index is 13.1. The number of allylic oxidation sites excluding steroid dienone is 1. The van der Waals surface area contributed by atoms with Gasteiger partial charge in [-0.1, -0.05) is 31.6 Å². The molecule has 4 aliphatic rings. The van der Waals surface area contributed by atoms with Gasteiger partial charge in [0.15, 0.2) is 0 Å². The summed E-state index contributed by atoms with van der Waals surface area (Å²) in [6, 6.07) is 6.92. The fourth-order valence-electron chi connectivity index (χ4n) is 7.32. The van der Waals surface area contributed by atoms with E-state index in [1.54, 1.807) is 4.90 Å². The second kappa shape index (κ2) is 9.60. The first-order valence-corrected chi connectivity index (χ1v) is 13.9. The molecule has 5 rings (SSSR count). The number of nitrogens with zero attached hydrogens (tertiary/aromatic N) is 1. The number of carbonyl (C=O) groups excluding carboxylic acids is 2. The predicted octanol–water partition coefficient (Wildman–Crippen LogP) is 4.86. The normalized spacial score (nSPS) is 30.3. The van der Waals surface area contributed by atoms with Crippen LogP contribution >= 0.6 is 0 Å². The predicted molar refractivity (Wildman–Crippen MR) is 141 cm³/mol. The minimum Gasteiger partial charge on any atom is -0.370 e. The van der Waals surface area contributed by atoms with Crippen LogP contribution in [0.1, 0.15) is 101 Å². The van der Waals surface area contributed by atoms with Gasteiger partial charge in [0.2, 0.25) is 5.91 Å². The van der Waals surface area contributed by atoms with Gasteiger partial charge in [0.05, 0.1) is 11.2 Å². The molecule has 3 fully saturated rings. The van der Waals surface area contributed by atoms with Gasteiger partial charge in [-0.3, -0.25) is 9.59 Å². The van der Waals surface area contributed by atoms with Crippen LogP contribution in [0, 0.1) is 5.92 Å². The number of ether oxygens (including phenoxy) is 1. The van der Waals surface area contributed by atoms with Crippen molar-refractivity contribution in [3.63, 3.8) is 0 Å². The molecule has 1 unspecified atom stereocenters. The van der Waals surface area contributed by atoms with Gasteiger partial charge in [-0.25, -0.2) is 0 Å². The lowest BCUT2D eigenvalue weighted by molar-refractivity contribution is -0.165. The van der Waals surface area contributed by atoms with E-state index in [9.17, 15) is 9.59 Å². The molecular formula is C30H43N3O3. The van der Waals surface area contributed by atoms with E-state index >= 15 is 0 Å². The number of rotatable bonds is 5. The molecule has 0 radical (unpaired) electrons. The smallest absolute Gasteiger partial charge is 0.255 e. The van der Waals surface area contributed by atoms with Crippen LogP contribution < -0.4 is 10.6 Å². The van der Waals surface area contributed by atoms with Crippen LogP contribution in [-0.4, -0.2) is 46.0 Å². The van der Waals surface area contributed by atoms with Gasteiger partial charge in [-0.15, -0.1) is 0 Å². The maximum Gasteiger partial charge on any atom is 0.255 e. The lowest BCUT2D eigenvalue weighted by Gasteiger charge is -2.47. The zero-order chi connectivity index (χ0) is 25.7. The summed E-state index contributed by atoms with van der Waals surface area (Å²) in [4.78, 5) is 27.4. The molecule has 2 amide bonds. The molecular weight excluding hydrogens is 450 g/mol. The van der Waals surface area contributed by atoms with Crippen LogP contribution in [0.4, 0.5) is 0 Å². The highest BCUT2D eigenvalue weighted by atomic mass is 16.5. The Kier molecular flexibility index (Phi) is 6.80. The molecule has 0 aromatic heterocycles. The molecule has 1 aliphatic carbocycles. The zero-order valence-electron chi connectivity index (χ0n) is 22.5. The number of nitrogens with one attached hydrogen (secondary N) is 2. The van der Waals surface area contributed by atoms with Gasteiger partial charge >= 0.3 is 0 Å². The Morgan fingerprint density at radius 2 is 1.81 bits per heavy atom. The van der Waals surface area contributed by atoms with Crippen LogP contribution in [-0.2, 0) is 22.5 Å². The van der Waals surface area contributed by atoms with Crippen molar-refractivity contribution in [2.75, 3.05) is 0 Å². The van der Waals surface area contributed by atoms with Gasteiger partial charge in [0.25, 0.3) is 5.91 Å². The molecule has 1 saturated carbocycles. The SMILES string of the molecule is C=C1CCC(N2Cc3cc(C[C@H]4CCCC[C@@H]4NC4CC(C)(C)OC(C)(C)C4)ccc3C2=O)C(=O)N1. The van der Waals surface area contributed by atoms with Crippen molar-refractivity contribution in [2.45, 2.75) is 121 Å². The summed E-state index contributed by atoms with van der Waals surface area (Å²) in [7, 11) is 0. The summed E-state index contributed by atoms with van der Waals surface area (Å²) in [5.74, 6) is 0.462. The Morgan fingerprint density at radius 1 is 1.08 bits per heavy atom. The van der Waals surface area contributed by atoms with Crippen molar-refractivity contribution in [1.82, 2.24) is 15.5 Å². The Hall–Kier alpha value is -2.18. The Morgan fingerprint density at radius 3 is 2.53 bits per heavy atom. The van der Waals surface area contributed by atoms with Gasteiger partial charge < -0.3 is 20.3 Å². The average Bonchev–Trinajstić information content (AvgIpc) is 3.08. The summed E-state index contributed by atoms with van der Waals surface area (Å²) in [5.41, 5.74) is 3.64. The van der Waals surface area contributed by atoms with E-state index in [2.05, 4.69) is 57.0 Å². The van der Waals surface area contributed by atoms with Gasteiger partial charge in [-0.05, 0) is 95.8 Å². The second-order valence-corrected chi connectivity index (χ2v) is 12.8. The van der Waals surface area contributed by atoms with E-state index in [4.69, 9.17) is 4.74 Å². The van der Waals surface area contributed by atoms with Crippen LogP contribution in [0.5, 0.6) is 0 Å². The van der Waals surface area contributed by atoms with E-state index < -0.39 is 6.04 Å². The standard InChI is InChI=1S/C30H43N3O3/c1-19-10-13-26(27(34)31-19)33-18-22-15-20(11-12-24(22)28(33)35)14-21-8-6-7-9-25(21)32-23-16-29(2,3)36-30(4,5)17-23/h11-12,15,21,23,25-26,32H,1,6-10,13-14,16-18H2,2-5H3,(H,31,34)/t21-,25+,26?/m1/s1. The van der Waals surface area contributed by atoms with Crippen LogP contribution in [0.3, 0.4) is 0 Å². The Bertz CT molecular complexity index is 1030. The van der Waals surface area contributed by atoms with E-state index in [1.165, 1.54) is 31.2 Å². The fraction of sp³-hybridized carbons (Fsp3) is 0.667. The fourth-order valence-corrected chi connectivity index (χ4v) is 7.32. The Balaban J connectivity index is 1.26. The molecule has 2 N–H and O–H groups in total. The van der Waals surface area contributed by atoms with Crippen LogP contribution in [0.15, 0.2) is 30.5 Å². The molecule has 0 spiro atoms. The maximum absolute atomic E-state index is 13.1. The van der Waals surface area contributed by atoms with Gasteiger partial charge in [0, 0.05) is 29.9 Å². The number of piperidine rings is 1. The topological polar surface area (TPSA) is 70.7 Å². The molecule has 1 aromatic rings. The summed E-state index contributed by atoms with van der Waals surface area (Å²) >= 11 is 0. The molecule has 6 nitrogen and oxygen atoms in total. The number of amides is 2. The largest absolute Gasteiger partial charge is 0.370 e. The minimum absolute atomic E-state index is 0.0221. The van der Waals surface area contributed by atoms with Crippen molar-refractivity contribution in [3.05, 3.63) is 47.2 Å². The molecule has 3 aliphatic heterocycles. The summed E-state index contributed by atoms with van der Waals surface area (Å²) in [6.07, 6.45) is 9.51. The zero-order valence-corrected chi connectivity index (χ0v) is 22.5. The van der Waals surface area contributed by atoms with E-state index in [0.29, 0.717) is 31.0 Å². The summed E-state index contributed by atoms with van der Waals surface area (Å²) in [6.45, 7) is 13.2. The monoisotopic (exact) mass is 493 g/mol. The Labute approximate surface area is 216 Å². The van der Waals surface area contributed by atoms with Gasteiger partial charge in [0.1, 0.15) is 6.04 Å². The lowest BCUT2D eigenvalue weighted by atomic mass is 9.78. The summed E-state index contributed by atoms with van der Waals surface area (Å²) in [5, 5.41) is 6.89. The first-order chi connectivity index (χ1) is 17.0. The van der Waals surface area contributed by atoms with Crippen LogP contribution in [0.2, 0.25) is 0 Å². The lowest BCUT2D eigenvalue weighted by Crippen LogP contribution is -2.55. The van der Waals surface area contributed by atoms with E-state index in [1.807, 2.05) is 6.07 Å². The number of benzene rings is 1. The van der Waals surface area contributed by atoms with Crippen molar-refractivity contribution in [3.8, 4) is 0 Å². The van der Waals surface area contributed by atoms with Crippen molar-refractivity contribution >= 4 is 11.8 Å². The third-order valence-corrected chi connectivity index (χ3v) is 8.59. The van der Waals surface area contributed by atoms with Crippen molar-refractivity contribution < 1.29 is 14.3 Å². The molecule has 196 valence electrons. The number of fused-ring (bicyclic) bond motifs is 1. The van der Waals surface area contributed by atoms with Gasteiger partial charge in [-0.2, -0.15) is 0 Å². The average molecular weight is 494 g/mol. The number of carbonyl (C=O) groups is 2. The van der Waals surface area contributed by atoms with Crippen molar-refractivity contribution in [2.24, 2.45) is 5.92 Å². The molecule has 2 saturated heterocycles. The molecule has 0 bridgehead atoms. The quantitative estimate of drug-likeness (QED) is 0.615. The molecule has 3 atom stereocenters. The first kappa shape index (κ1) is 25.5. The number of hydrogen-bond acceptors (Lipinski definition) is 4. The first-order valence-electron chi connectivity index (χ1n) is 13.9. The summed E-state index contributed by atoms with van der Waals surface area (Å²) < 4.78 is 6.32. The van der Waals surface area contributed by atoms with E-state index in [-0.39, 0.29) is 23.0 Å². The van der Waals surface area contributed by atoms with E-state index in [0.717, 1.165) is 42.5 Å².